The lowest BCUT2D eigenvalue weighted by atomic mass is 9.97. The zero-order valence-corrected chi connectivity index (χ0v) is 11.6. The number of H-pyrrole nitrogens is 1. The van der Waals surface area contributed by atoms with E-state index in [0.29, 0.717) is 5.92 Å². The van der Waals surface area contributed by atoms with Crippen LogP contribution in [0.2, 0.25) is 0 Å². The number of rotatable bonds is 2. The second kappa shape index (κ2) is 4.85. The molecule has 1 N–H and O–H groups in total. The number of likely N-dealkylation sites (tertiary alicyclic amines) is 1. The summed E-state index contributed by atoms with van der Waals surface area (Å²) in [5, 5.41) is 0. The largest absolute Gasteiger partial charge is 0.326 e. The molecule has 1 aromatic carbocycles. The number of benzene rings is 1. The Morgan fingerprint density at radius 3 is 2.79 bits per heavy atom. The van der Waals surface area contributed by atoms with Crippen LogP contribution >= 0.6 is 0 Å². The van der Waals surface area contributed by atoms with Crippen molar-refractivity contribution >= 4 is 11.0 Å². The van der Waals surface area contributed by atoms with Crippen LogP contribution in [0.1, 0.15) is 18.4 Å². The Balaban J connectivity index is 1.88. The molecule has 0 bridgehead atoms. The highest BCUT2D eigenvalue weighted by Crippen LogP contribution is 2.20. The van der Waals surface area contributed by atoms with E-state index < -0.39 is 0 Å². The third kappa shape index (κ3) is 2.45. The second-order valence-corrected chi connectivity index (χ2v) is 5.81. The van der Waals surface area contributed by atoms with Crippen LogP contribution in [0.25, 0.3) is 11.0 Å². The molecular formula is C15H21N3O. The SMILES string of the molecule is Cc1ccc2c(c1)[nH]c(=O)n2CC1CCN(C)CC1. The van der Waals surface area contributed by atoms with Gasteiger partial charge in [-0.2, -0.15) is 0 Å². The first-order chi connectivity index (χ1) is 9.13. The molecule has 0 amide bonds. The predicted octanol–water partition coefficient (Wildman–Crippen LogP) is 1.98. The molecule has 1 aliphatic rings. The first-order valence-corrected chi connectivity index (χ1v) is 7.01. The first kappa shape index (κ1) is 12.5. The van der Waals surface area contributed by atoms with Gasteiger partial charge in [0.2, 0.25) is 0 Å². The molecule has 2 aromatic rings. The number of fused-ring (bicyclic) bond motifs is 1. The van der Waals surface area contributed by atoms with Crippen molar-refractivity contribution in [2.24, 2.45) is 5.92 Å². The highest BCUT2D eigenvalue weighted by molar-refractivity contribution is 5.75. The van der Waals surface area contributed by atoms with E-state index in [4.69, 9.17) is 0 Å². The zero-order chi connectivity index (χ0) is 13.4. The highest BCUT2D eigenvalue weighted by atomic mass is 16.1. The number of hydrogen-bond acceptors (Lipinski definition) is 2. The Morgan fingerprint density at radius 2 is 2.05 bits per heavy atom. The topological polar surface area (TPSA) is 41.0 Å². The molecule has 0 saturated carbocycles. The molecule has 102 valence electrons. The zero-order valence-electron chi connectivity index (χ0n) is 11.6. The van der Waals surface area contributed by atoms with Gasteiger partial charge in [0.15, 0.2) is 0 Å². The molecule has 4 heteroatoms. The molecule has 0 unspecified atom stereocenters. The van der Waals surface area contributed by atoms with Gasteiger partial charge in [0.05, 0.1) is 11.0 Å². The summed E-state index contributed by atoms with van der Waals surface area (Å²) in [6.07, 6.45) is 2.36. The van der Waals surface area contributed by atoms with E-state index in [-0.39, 0.29) is 5.69 Å². The predicted molar refractivity (Wildman–Crippen MR) is 77.5 cm³/mol. The first-order valence-electron chi connectivity index (χ1n) is 7.01. The summed E-state index contributed by atoms with van der Waals surface area (Å²) in [6, 6.07) is 6.17. The van der Waals surface area contributed by atoms with E-state index >= 15 is 0 Å². The minimum Gasteiger partial charge on any atom is -0.306 e. The van der Waals surface area contributed by atoms with Crippen LogP contribution in [0.3, 0.4) is 0 Å². The summed E-state index contributed by atoms with van der Waals surface area (Å²) < 4.78 is 1.91. The Hall–Kier alpha value is -1.55. The number of nitrogens with zero attached hydrogens (tertiary/aromatic N) is 2. The van der Waals surface area contributed by atoms with E-state index in [2.05, 4.69) is 29.1 Å². The standard InChI is InChI=1S/C15H21N3O/c1-11-3-4-14-13(9-11)16-15(19)18(14)10-12-5-7-17(2)8-6-12/h3-4,9,12H,5-8,10H2,1-2H3,(H,16,19). The van der Waals surface area contributed by atoms with Crippen molar-refractivity contribution in [2.45, 2.75) is 26.3 Å². The van der Waals surface area contributed by atoms with Crippen molar-refractivity contribution in [2.75, 3.05) is 20.1 Å². The number of nitrogens with one attached hydrogen (secondary N) is 1. The fourth-order valence-electron chi connectivity index (χ4n) is 2.96. The van der Waals surface area contributed by atoms with Gasteiger partial charge in [0, 0.05) is 6.54 Å². The van der Waals surface area contributed by atoms with Crippen LogP contribution in [-0.2, 0) is 6.54 Å². The number of piperidine rings is 1. The van der Waals surface area contributed by atoms with Crippen molar-refractivity contribution in [1.82, 2.24) is 14.5 Å². The van der Waals surface area contributed by atoms with Gasteiger partial charge in [-0.15, -0.1) is 0 Å². The van der Waals surface area contributed by atoms with Crippen molar-refractivity contribution in [3.63, 3.8) is 0 Å². The van der Waals surface area contributed by atoms with E-state index in [0.717, 1.165) is 30.7 Å². The van der Waals surface area contributed by atoms with E-state index in [9.17, 15) is 4.79 Å². The van der Waals surface area contributed by atoms with Crippen LogP contribution in [-0.4, -0.2) is 34.6 Å². The number of aryl methyl sites for hydroxylation is 1. The Morgan fingerprint density at radius 1 is 1.32 bits per heavy atom. The van der Waals surface area contributed by atoms with Crippen LogP contribution in [0.5, 0.6) is 0 Å². The third-order valence-corrected chi connectivity index (χ3v) is 4.21. The normalized spacial score (nSPS) is 18.2. The van der Waals surface area contributed by atoms with E-state index in [1.54, 1.807) is 0 Å². The van der Waals surface area contributed by atoms with Gasteiger partial charge < -0.3 is 9.88 Å². The average molecular weight is 259 g/mol. The van der Waals surface area contributed by atoms with Crippen molar-refractivity contribution in [3.05, 3.63) is 34.2 Å². The Labute approximate surface area is 113 Å². The summed E-state index contributed by atoms with van der Waals surface area (Å²) >= 11 is 0. The van der Waals surface area contributed by atoms with Crippen LogP contribution in [0.15, 0.2) is 23.0 Å². The van der Waals surface area contributed by atoms with Gasteiger partial charge in [0.25, 0.3) is 0 Å². The van der Waals surface area contributed by atoms with Crippen LogP contribution in [0.4, 0.5) is 0 Å². The molecule has 0 atom stereocenters. The van der Waals surface area contributed by atoms with Gasteiger partial charge in [-0.3, -0.25) is 4.57 Å². The number of aromatic nitrogens is 2. The van der Waals surface area contributed by atoms with Gasteiger partial charge in [0.1, 0.15) is 0 Å². The summed E-state index contributed by atoms with van der Waals surface area (Å²) in [7, 11) is 2.16. The molecule has 1 saturated heterocycles. The molecule has 4 nitrogen and oxygen atoms in total. The molecule has 2 heterocycles. The fraction of sp³-hybridized carbons (Fsp3) is 0.533. The average Bonchev–Trinajstić information content (AvgIpc) is 2.68. The maximum atomic E-state index is 12.1. The molecule has 19 heavy (non-hydrogen) atoms. The highest BCUT2D eigenvalue weighted by Gasteiger charge is 2.18. The Kier molecular flexibility index (Phi) is 3.19. The lowest BCUT2D eigenvalue weighted by molar-refractivity contribution is 0.205. The minimum absolute atomic E-state index is 0.0273. The number of aromatic amines is 1. The van der Waals surface area contributed by atoms with Crippen molar-refractivity contribution < 1.29 is 0 Å². The smallest absolute Gasteiger partial charge is 0.306 e. The second-order valence-electron chi connectivity index (χ2n) is 5.81. The quantitative estimate of drug-likeness (QED) is 0.896. The van der Waals surface area contributed by atoms with Gasteiger partial charge >= 0.3 is 5.69 Å². The minimum atomic E-state index is 0.0273. The van der Waals surface area contributed by atoms with Crippen molar-refractivity contribution in [3.8, 4) is 0 Å². The van der Waals surface area contributed by atoms with Gasteiger partial charge in [-0.25, -0.2) is 4.79 Å². The molecule has 0 aliphatic carbocycles. The van der Waals surface area contributed by atoms with E-state index in [1.165, 1.54) is 18.4 Å². The third-order valence-electron chi connectivity index (χ3n) is 4.21. The monoisotopic (exact) mass is 259 g/mol. The van der Waals surface area contributed by atoms with Crippen LogP contribution < -0.4 is 5.69 Å². The van der Waals surface area contributed by atoms with Gasteiger partial charge in [-0.1, -0.05) is 6.07 Å². The van der Waals surface area contributed by atoms with Gasteiger partial charge in [-0.05, 0) is 63.5 Å². The molecule has 0 radical (unpaired) electrons. The summed E-state index contributed by atoms with van der Waals surface area (Å²) in [6.45, 7) is 5.17. The lowest BCUT2D eigenvalue weighted by Crippen LogP contribution is -2.33. The maximum absolute atomic E-state index is 12.1. The molecular weight excluding hydrogens is 238 g/mol. The molecule has 0 spiro atoms. The summed E-state index contributed by atoms with van der Waals surface area (Å²) in [5.74, 6) is 0.620. The number of imidazole rings is 1. The fourth-order valence-corrected chi connectivity index (χ4v) is 2.96. The van der Waals surface area contributed by atoms with Crippen LogP contribution in [0, 0.1) is 12.8 Å². The maximum Gasteiger partial charge on any atom is 0.326 e. The number of hydrogen-bond donors (Lipinski definition) is 1. The summed E-state index contributed by atoms with van der Waals surface area (Å²) in [5.41, 5.74) is 3.20. The molecule has 3 rings (SSSR count). The molecule has 1 aromatic heterocycles. The molecule has 1 aliphatic heterocycles. The lowest BCUT2D eigenvalue weighted by Gasteiger charge is -2.28. The molecule has 1 fully saturated rings. The van der Waals surface area contributed by atoms with Crippen molar-refractivity contribution in [1.29, 1.82) is 0 Å². The van der Waals surface area contributed by atoms with E-state index in [1.807, 2.05) is 17.6 Å². The summed E-state index contributed by atoms with van der Waals surface area (Å²) in [4.78, 5) is 17.4. The Bertz CT molecular complexity index is 632.